The molecule has 0 aliphatic carbocycles. The number of hydrogen-bond acceptors (Lipinski definition) is 3. The van der Waals surface area contributed by atoms with Crippen LogP contribution >= 0.6 is 11.6 Å². The van der Waals surface area contributed by atoms with Gasteiger partial charge in [0, 0.05) is 17.0 Å². The van der Waals surface area contributed by atoms with E-state index in [4.69, 9.17) is 16.3 Å². The van der Waals surface area contributed by atoms with Crippen LogP contribution in [0.3, 0.4) is 0 Å². The lowest BCUT2D eigenvalue weighted by Crippen LogP contribution is -2.32. The predicted octanol–water partition coefficient (Wildman–Crippen LogP) is 2.68. The molecule has 1 aromatic rings. The Balaban J connectivity index is 1.74. The fourth-order valence-electron chi connectivity index (χ4n) is 2.09. The maximum Gasteiger partial charge on any atom is 0.165 e. The van der Waals surface area contributed by atoms with Gasteiger partial charge in [0.25, 0.3) is 0 Å². The quantitative estimate of drug-likeness (QED) is 0.834. The average Bonchev–Trinajstić information content (AvgIpc) is 2.40. The second kappa shape index (κ2) is 6.88. The van der Waals surface area contributed by atoms with Crippen molar-refractivity contribution in [3.63, 3.8) is 0 Å². The van der Waals surface area contributed by atoms with Crippen LogP contribution in [-0.4, -0.2) is 31.6 Å². The summed E-state index contributed by atoms with van der Waals surface area (Å²) in [5.74, 6) is 0.0893. The summed E-state index contributed by atoms with van der Waals surface area (Å²) in [5.41, 5.74) is 0.663. The SMILES string of the molecule is O=C(CCOC1CCNCC1)c1cccc(Cl)c1. The van der Waals surface area contributed by atoms with Crippen molar-refractivity contribution in [3.8, 4) is 0 Å². The Labute approximate surface area is 112 Å². The highest BCUT2D eigenvalue weighted by atomic mass is 35.5. The minimum absolute atomic E-state index is 0.0893. The average molecular weight is 268 g/mol. The van der Waals surface area contributed by atoms with Crippen molar-refractivity contribution >= 4 is 17.4 Å². The molecule has 0 saturated carbocycles. The molecule has 1 aliphatic heterocycles. The standard InChI is InChI=1S/C14H18ClNO2/c15-12-3-1-2-11(10-12)14(17)6-9-18-13-4-7-16-8-5-13/h1-3,10,13,16H,4-9H2. The van der Waals surface area contributed by atoms with Gasteiger partial charge in [-0.25, -0.2) is 0 Å². The molecule has 2 rings (SSSR count). The molecule has 0 amide bonds. The van der Waals surface area contributed by atoms with Crippen molar-refractivity contribution in [2.75, 3.05) is 19.7 Å². The molecule has 0 bridgehead atoms. The molecule has 0 aromatic heterocycles. The number of nitrogens with one attached hydrogen (secondary N) is 1. The van der Waals surface area contributed by atoms with Gasteiger partial charge in [-0.2, -0.15) is 0 Å². The fourth-order valence-corrected chi connectivity index (χ4v) is 2.28. The second-order valence-electron chi connectivity index (χ2n) is 4.50. The van der Waals surface area contributed by atoms with E-state index in [9.17, 15) is 4.79 Å². The number of hydrogen-bond donors (Lipinski definition) is 1. The highest BCUT2D eigenvalue weighted by molar-refractivity contribution is 6.31. The Morgan fingerprint density at radius 2 is 2.17 bits per heavy atom. The summed E-state index contributed by atoms with van der Waals surface area (Å²) in [6.45, 7) is 2.51. The lowest BCUT2D eigenvalue weighted by Gasteiger charge is -2.22. The summed E-state index contributed by atoms with van der Waals surface area (Å²) in [6.07, 6.45) is 2.79. The zero-order chi connectivity index (χ0) is 12.8. The molecular formula is C14H18ClNO2. The normalized spacial score (nSPS) is 16.7. The topological polar surface area (TPSA) is 38.3 Å². The van der Waals surface area contributed by atoms with Crippen LogP contribution in [0.15, 0.2) is 24.3 Å². The van der Waals surface area contributed by atoms with Crippen molar-refractivity contribution in [1.29, 1.82) is 0 Å². The first-order valence-corrected chi connectivity index (χ1v) is 6.74. The molecule has 1 fully saturated rings. The first-order valence-electron chi connectivity index (χ1n) is 6.37. The lowest BCUT2D eigenvalue weighted by atomic mass is 10.1. The third kappa shape index (κ3) is 4.09. The number of piperidine rings is 1. The third-order valence-corrected chi connectivity index (χ3v) is 3.35. The van der Waals surface area contributed by atoms with Gasteiger partial charge in [0.2, 0.25) is 0 Å². The number of ether oxygens (including phenoxy) is 1. The van der Waals surface area contributed by atoms with Crippen LogP contribution < -0.4 is 5.32 Å². The van der Waals surface area contributed by atoms with Gasteiger partial charge >= 0.3 is 0 Å². The summed E-state index contributed by atoms with van der Waals surface area (Å²) in [5, 5.41) is 3.88. The van der Waals surface area contributed by atoms with E-state index in [1.807, 2.05) is 0 Å². The Kier molecular flexibility index (Phi) is 5.17. The van der Waals surface area contributed by atoms with E-state index in [0.717, 1.165) is 25.9 Å². The minimum Gasteiger partial charge on any atom is -0.378 e. The largest absolute Gasteiger partial charge is 0.378 e. The van der Waals surface area contributed by atoms with Gasteiger partial charge in [0.1, 0.15) is 0 Å². The molecule has 0 spiro atoms. The molecule has 3 nitrogen and oxygen atoms in total. The van der Waals surface area contributed by atoms with Gasteiger partial charge in [-0.15, -0.1) is 0 Å². The van der Waals surface area contributed by atoms with E-state index in [2.05, 4.69) is 5.32 Å². The smallest absolute Gasteiger partial charge is 0.165 e. The van der Waals surface area contributed by atoms with Gasteiger partial charge in [0.15, 0.2) is 5.78 Å². The summed E-state index contributed by atoms with van der Waals surface area (Å²) < 4.78 is 5.71. The Hall–Kier alpha value is -0.900. The van der Waals surface area contributed by atoms with Gasteiger partial charge in [-0.05, 0) is 38.1 Å². The summed E-state index contributed by atoms with van der Waals surface area (Å²) in [6, 6.07) is 7.06. The van der Waals surface area contributed by atoms with Crippen molar-refractivity contribution in [2.24, 2.45) is 0 Å². The number of benzene rings is 1. The van der Waals surface area contributed by atoms with Crippen molar-refractivity contribution in [2.45, 2.75) is 25.4 Å². The molecule has 1 N–H and O–H groups in total. The maximum absolute atomic E-state index is 11.9. The van der Waals surface area contributed by atoms with Crippen molar-refractivity contribution in [3.05, 3.63) is 34.9 Å². The Bertz CT molecular complexity index is 403. The number of halogens is 1. The van der Waals surface area contributed by atoms with E-state index in [1.165, 1.54) is 0 Å². The Morgan fingerprint density at radius 1 is 1.39 bits per heavy atom. The fraction of sp³-hybridized carbons (Fsp3) is 0.500. The molecule has 98 valence electrons. The molecule has 18 heavy (non-hydrogen) atoms. The van der Waals surface area contributed by atoms with Crippen LogP contribution in [0.25, 0.3) is 0 Å². The van der Waals surface area contributed by atoms with Crippen LogP contribution in [0.2, 0.25) is 5.02 Å². The summed E-state index contributed by atoms with van der Waals surface area (Å²) in [7, 11) is 0. The number of carbonyl (C=O) groups excluding carboxylic acids is 1. The highest BCUT2D eigenvalue weighted by Gasteiger charge is 2.14. The molecule has 4 heteroatoms. The molecule has 1 aliphatic rings. The number of carbonyl (C=O) groups is 1. The zero-order valence-corrected chi connectivity index (χ0v) is 11.1. The van der Waals surface area contributed by atoms with E-state index >= 15 is 0 Å². The first kappa shape index (κ1) is 13.5. The molecule has 0 unspecified atom stereocenters. The van der Waals surface area contributed by atoms with E-state index in [1.54, 1.807) is 24.3 Å². The minimum atomic E-state index is 0.0893. The second-order valence-corrected chi connectivity index (χ2v) is 4.94. The zero-order valence-electron chi connectivity index (χ0n) is 10.3. The Morgan fingerprint density at radius 3 is 2.89 bits per heavy atom. The molecular weight excluding hydrogens is 250 g/mol. The number of ketones is 1. The van der Waals surface area contributed by atoms with Gasteiger partial charge in [-0.3, -0.25) is 4.79 Å². The van der Waals surface area contributed by atoms with Crippen LogP contribution in [0, 0.1) is 0 Å². The lowest BCUT2D eigenvalue weighted by molar-refractivity contribution is 0.0313. The van der Waals surface area contributed by atoms with Gasteiger partial charge in [0.05, 0.1) is 12.7 Å². The third-order valence-electron chi connectivity index (χ3n) is 3.12. The summed E-state index contributed by atoms with van der Waals surface area (Å²) >= 11 is 5.85. The first-order chi connectivity index (χ1) is 8.75. The van der Waals surface area contributed by atoms with Crippen molar-refractivity contribution in [1.82, 2.24) is 5.32 Å². The molecule has 0 radical (unpaired) electrons. The van der Waals surface area contributed by atoms with Crippen LogP contribution in [0.5, 0.6) is 0 Å². The van der Waals surface area contributed by atoms with E-state index in [0.29, 0.717) is 29.7 Å². The number of Topliss-reactive ketones (excluding diaryl/α,β-unsaturated/α-hetero) is 1. The van der Waals surface area contributed by atoms with Crippen LogP contribution in [0.4, 0.5) is 0 Å². The van der Waals surface area contributed by atoms with E-state index < -0.39 is 0 Å². The van der Waals surface area contributed by atoms with Gasteiger partial charge in [-0.1, -0.05) is 23.7 Å². The monoisotopic (exact) mass is 267 g/mol. The van der Waals surface area contributed by atoms with Crippen molar-refractivity contribution < 1.29 is 9.53 Å². The number of rotatable bonds is 5. The van der Waals surface area contributed by atoms with Crippen LogP contribution in [0.1, 0.15) is 29.6 Å². The predicted molar refractivity (Wildman–Crippen MR) is 72.2 cm³/mol. The highest BCUT2D eigenvalue weighted by Crippen LogP contribution is 2.13. The van der Waals surface area contributed by atoms with E-state index in [-0.39, 0.29) is 5.78 Å². The molecule has 1 aromatic carbocycles. The van der Waals surface area contributed by atoms with Gasteiger partial charge < -0.3 is 10.1 Å². The molecule has 1 saturated heterocycles. The molecule has 1 heterocycles. The maximum atomic E-state index is 11.9. The summed E-state index contributed by atoms with van der Waals surface area (Å²) in [4.78, 5) is 11.9. The van der Waals surface area contributed by atoms with Crippen LogP contribution in [-0.2, 0) is 4.74 Å². The molecule has 0 atom stereocenters.